The van der Waals surface area contributed by atoms with E-state index < -0.39 is 42.5 Å². The van der Waals surface area contributed by atoms with Crippen molar-refractivity contribution in [2.75, 3.05) is 6.54 Å². The molecule has 0 spiro atoms. The highest BCUT2D eigenvalue weighted by Gasteiger charge is 2.48. The highest BCUT2D eigenvalue weighted by Crippen LogP contribution is 2.30. The molecule has 0 aromatic rings. The number of alkyl halides is 1. The number of primary amides is 1. The molecule has 3 amide bonds. The maximum atomic E-state index is 13.9. The lowest BCUT2D eigenvalue weighted by atomic mass is 10.0. The number of nitrogens with zero attached hydrogens (tertiary/aromatic N) is 2. The SMILES string of the molecule is CC[C@@H](C)OC(=O)[C@H](F)ON1C(=O)N2C[C@H]1C=C(C)[C@H]2C(N)=O. The minimum absolute atomic E-state index is 0.136. The van der Waals surface area contributed by atoms with E-state index in [1.165, 1.54) is 4.90 Å². The number of ether oxygens (including phenoxy) is 1. The van der Waals surface area contributed by atoms with Crippen molar-refractivity contribution >= 4 is 17.9 Å². The van der Waals surface area contributed by atoms with Crippen LogP contribution in [0.2, 0.25) is 0 Å². The molecule has 128 valence electrons. The van der Waals surface area contributed by atoms with Crippen molar-refractivity contribution < 1.29 is 28.3 Å². The second kappa shape index (κ2) is 6.53. The molecule has 0 aliphatic carbocycles. The second-order valence-corrected chi connectivity index (χ2v) is 5.62. The highest BCUT2D eigenvalue weighted by atomic mass is 19.1. The lowest BCUT2D eigenvalue weighted by Crippen LogP contribution is -2.48. The number of hydrogen-bond donors (Lipinski definition) is 1. The number of fused-ring (bicyclic) bond motifs is 2. The number of halogens is 1. The van der Waals surface area contributed by atoms with Crippen LogP contribution >= 0.6 is 0 Å². The fourth-order valence-corrected chi connectivity index (χ4v) is 2.58. The van der Waals surface area contributed by atoms with E-state index in [2.05, 4.69) is 0 Å². The Hall–Kier alpha value is -2.16. The first-order valence-electron chi connectivity index (χ1n) is 7.35. The van der Waals surface area contributed by atoms with Crippen molar-refractivity contribution in [3.8, 4) is 0 Å². The fourth-order valence-electron chi connectivity index (χ4n) is 2.58. The monoisotopic (exact) mass is 329 g/mol. The molecule has 1 saturated heterocycles. The Morgan fingerprint density at radius 2 is 2.17 bits per heavy atom. The molecule has 0 unspecified atom stereocenters. The van der Waals surface area contributed by atoms with E-state index in [9.17, 15) is 18.8 Å². The third kappa shape index (κ3) is 3.29. The standard InChI is InChI=1S/C14H20FN3O5/c1-4-8(3)22-13(20)11(15)23-18-9-5-7(2)10(12(16)19)17(6-9)14(18)21/h5,8-11H,4,6H2,1-3H3,(H2,16,19)/t8-,9-,10+,11-/m1/s1. The van der Waals surface area contributed by atoms with Crippen LogP contribution in [0.5, 0.6) is 0 Å². The van der Waals surface area contributed by atoms with Crippen LogP contribution in [0.3, 0.4) is 0 Å². The molecule has 0 radical (unpaired) electrons. The van der Waals surface area contributed by atoms with Gasteiger partial charge in [0.05, 0.1) is 18.7 Å². The summed E-state index contributed by atoms with van der Waals surface area (Å²) in [6.45, 7) is 5.18. The molecule has 8 nitrogen and oxygen atoms in total. The zero-order chi connectivity index (χ0) is 17.3. The van der Waals surface area contributed by atoms with Gasteiger partial charge in [-0.1, -0.05) is 13.0 Å². The molecule has 9 heteroatoms. The van der Waals surface area contributed by atoms with Gasteiger partial charge >= 0.3 is 18.4 Å². The number of hydrogen-bond acceptors (Lipinski definition) is 5. The van der Waals surface area contributed by atoms with Gasteiger partial charge in [-0.2, -0.15) is 5.06 Å². The molecule has 1 fully saturated rings. The molecule has 2 heterocycles. The van der Waals surface area contributed by atoms with Crippen molar-refractivity contribution in [1.82, 2.24) is 9.96 Å². The maximum Gasteiger partial charge on any atom is 0.371 e. The molecule has 0 aromatic heterocycles. The normalized spacial score (nSPS) is 25.9. The lowest BCUT2D eigenvalue weighted by Gasteiger charge is -2.27. The zero-order valence-electron chi connectivity index (χ0n) is 13.2. The van der Waals surface area contributed by atoms with Gasteiger partial charge in [-0.05, 0) is 25.8 Å². The summed E-state index contributed by atoms with van der Waals surface area (Å²) in [4.78, 5) is 41.3. The van der Waals surface area contributed by atoms with E-state index >= 15 is 0 Å². The second-order valence-electron chi connectivity index (χ2n) is 5.62. The summed E-state index contributed by atoms with van der Waals surface area (Å²) in [5.74, 6) is -1.88. The first-order valence-corrected chi connectivity index (χ1v) is 7.35. The summed E-state index contributed by atoms with van der Waals surface area (Å²) in [5, 5.41) is 0.745. The Labute approximate surface area is 132 Å². The van der Waals surface area contributed by atoms with Gasteiger partial charge in [-0.3, -0.25) is 4.79 Å². The van der Waals surface area contributed by atoms with Crippen molar-refractivity contribution in [1.29, 1.82) is 0 Å². The zero-order valence-corrected chi connectivity index (χ0v) is 13.2. The predicted octanol–water partition coefficient (Wildman–Crippen LogP) is 0.475. The molecule has 2 aliphatic rings. The number of nitrogens with two attached hydrogens (primary N) is 1. The molecule has 2 aliphatic heterocycles. The molecule has 23 heavy (non-hydrogen) atoms. The third-order valence-corrected chi connectivity index (χ3v) is 3.87. The Kier molecular flexibility index (Phi) is 4.88. The number of amides is 3. The van der Waals surface area contributed by atoms with Crippen molar-refractivity contribution in [3.63, 3.8) is 0 Å². The highest BCUT2D eigenvalue weighted by molar-refractivity contribution is 5.90. The Morgan fingerprint density at radius 1 is 1.52 bits per heavy atom. The largest absolute Gasteiger partial charge is 0.459 e. The van der Waals surface area contributed by atoms with Crippen LogP contribution in [-0.2, 0) is 19.2 Å². The molecular weight excluding hydrogens is 309 g/mol. The van der Waals surface area contributed by atoms with Crippen LogP contribution in [0.25, 0.3) is 0 Å². The van der Waals surface area contributed by atoms with Crippen molar-refractivity contribution in [2.45, 2.75) is 51.7 Å². The Morgan fingerprint density at radius 3 is 2.74 bits per heavy atom. The molecule has 2 rings (SSSR count). The van der Waals surface area contributed by atoms with Crippen LogP contribution in [-0.4, -0.2) is 59.0 Å². The first kappa shape index (κ1) is 17.2. The lowest BCUT2D eigenvalue weighted by molar-refractivity contribution is -0.225. The van der Waals surface area contributed by atoms with E-state index in [0.717, 1.165) is 5.06 Å². The first-order chi connectivity index (χ1) is 10.8. The number of urea groups is 1. The quantitative estimate of drug-likeness (QED) is 0.564. The van der Waals surface area contributed by atoms with Crippen molar-refractivity contribution in [3.05, 3.63) is 11.6 Å². The van der Waals surface area contributed by atoms with E-state index in [0.29, 0.717) is 12.0 Å². The van der Waals surface area contributed by atoms with Crippen LogP contribution < -0.4 is 5.73 Å². The Balaban J connectivity index is 2.07. The van der Waals surface area contributed by atoms with E-state index in [1.54, 1.807) is 26.8 Å². The Bertz CT molecular complexity index is 553. The van der Waals surface area contributed by atoms with Crippen LogP contribution in [0.4, 0.5) is 9.18 Å². The van der Waals surface area contributed by atoms with Gasteiger partial charge in [0, 0.05) is 0 Å². The average molecular weight is 329 g/mol. The summed E-state index contributed by atoms with van der Waals surface area (Å²) < 4.78 is 18.7. The summed E-state index contributed by atoms with van der Waals surface area (Å²) in [5.41, 5.74) is 5.86. The smallest absolute Gasteiger partial charge is 0.371 e. The molecule has 2 N–H and O–H groups in total. The summed E-state index contributed by atoms with van der Waals surface area (Å²) in [7, 11) is 0. The van der Waals surface area contributed by atoms with Gasteiger partial charge in [-0.15, -0.1) is 0 Å². The van der Waals surface area contributed by atoms with Gasteiger partial charge in [0.1, 0.15) is 6.04 Å². The minimum Gasteiger partial charge on any atom is -0.459 e. The van der Waals surface area contributed by atoms with Gasteiger partial charge in [-0.25, -0.2) is 18.8 Å². The van der Waals surface area contributed by atoms with Crippen LogP contribution in [0.1, 0.15) is 27.2 Å². The number of carbonyl (C=O) groups is 3. The molecule has 2 bridgehead atoms. The van der Waals surface area contributed by atoms with Gasteiger partial charge in [0.25, 0.3) is 0 Å². The summed E-state index contributed by atoms with van der Waals surface area (Å²) >= 11 is 0. The number of esters is 1. The van der Waals surface area contributed by atoms with E-state index in [1.807, 2.05) is 0 Å². The van der Waals surface area contributed by atoms with Crippen LogP contribution in [0, 0.1) is 0 Å². The third-order valence-electron chi connectivity index (χ3n) is 3.87. The molecular formula is C14H20FN3O5. The number of hydroxylamine groups is 2. The predicted molar refractivity (Wildman–Crippen MR) is 76.3 cm³/mol. The molecule has 0 saturated carbocycles. The summed E-state index contributed by atoms with van der Waals surface area (Å²) in [6, 6.07) is -2.20. The maximum absolute atomic E-state index is 13.9. The van der Waals surface area contributed by atoms with Gasteiger partial charge < -0.3 is 15.4 Å². The van der Waals surface area contributed by atoms with Crippen LogP contribution in [0.15, 0.2) is 11.6 Å². The van der Waals surface area contributed by atoms with Gasteiger partial charge in [0.15, 0.2) is 0 Å². The van der Waals surface area contributed by atoms with Gasteiger partial charge in [0.2, 0.25) is 5.91 Å². The fraction of sp³-hybridized carbons (Fsp3) is 0.643. The minimum atomic E-state index is -2.42. The van der Waals surface area contributed by atoms with Crippen molar-refractivity contribution in [2.24, 2.45) is 5.73 Å². The molecule has 0 aromatic carbocycles. The number of rotatable bonds is 6. The summed E-state index contributed by atoms with van der Waals surface area (Å²) in [6.07, 6.45) is -0.749. The van der Waals surface area contributed by atoms with E-state index in [4.69, 9.17) is 15.3 Å². The number of carbonyl (C=O) groups excluding carboxylic acids is 3. The molecule has 4 atom stereocenters. The average Bonchev–Trinajstić information content (AvgIpc) is 2.71. The van der Waals surface area contributed by atoms with E-state index in [-0.39, 0.29) is 6.54 Å². The topological polar surface area (TPSA) is 102 Å².